The van der Waals surface area contributed by atoms with Crippen LogP contribution in [-0.2, 0) is 16.0 Å². The van der Waals surface area contributed by atoms with E-state index in [1.165, 1.54) is 29.0 Å². The van der Waals surface area contributed by atoms with Crippen LogP contribution < -0.4 is 0 Å². The quantitative estimate of drug-likeness (QED) is 0.325. The number of carbonyl (C=O) groups is 2. The van der Waals surface area contributed by atoms with Crippen LogP contribution in [0.5, 0.6) is 0 Å². The summed E-state index contributed by atoms with van der Waals surface area (Å²) in [6, 6.07) is 15.5. The Hall–Kier alpha value is -3.27. The second-order valence-electron chi connectivity index (χ2n) is 8.09. The molecule has 10 heteroatoms. The molecule has 3 aromatic rings. The van der Waals surface area contributed by atoms with Crippen molar-refractivity contribution >= 4 is 40.4 Å². The molecule has 0 radical (unpaired) electrons. The Morgan fingerprint density at radius 2 is 2.00 bits per heavy atom. The first kappa shape index (κ1) is 24.8. The van der Waals surface area contributed by atoms with Crippen LogP contribution in [0.15, 0.2) is 60.0 Å². The van der Waals surface area contributed by atoms with E-state index in [2.05, 4.69) is 6.07 Å². The summed E-state index contributed by atoms with van der Waals surface area (Å²) in [6.45, 7) is 0.725. The number of hydrogen-bond acceptors (Lipinski definition) is 6. The molecule has 0 spiro atoms. The molecule has 4 rings (SSSR count). The van der Waals surface area contributed by atoms with Gasteiger partial charge in [-0.2, -0.15) is 0 Å². The van der Waals surface area contributed by atoms with Gasteiger partial charge in [0.2, 0.25) is 5.91 Å². The zero-order valence-electron chi connectivity index (χ0n) is 19.1. The van der Waals surface area contributed by atoms with Crippen LogP contribution in [0, 0.1) is 10.1 Å². The molecule has 0 saturated heterocycles. The van der Waals surface area contributed by atoms with E-state index in [4.69, 9.17) is 16.3 Å². The number of hydrogen-bond donors (Lipinski definition) is 0. The lowest BCUT2D eigenvalue weighted by atomic mass is 9.93. The number of nitro benzene ring substituents is 1. The van der Waals surface area contributed by atoms with Crippen LogP contribution in [-0.4, -0.2) is 59.9 Å². The van der Waals surface area contributed by atoms with Crippen molar-refractivity contribution in [2.45, 2.75) is 12.5 Å². The fourth-order valence-electron chi connectivity index (χ4n) is 4.26. The first-order chi connectivity index (χ1) is 16.9. The molecule has 0 saturated carbocycles. The Morgan fingerprint density at radius 3 is 2.71 bits per heavy atom. The number of carbonyl (C=O) groups excluding carboxylic acids is 2. The van der Waals surface area contributed by atoms with Gasteiger partial charge in [-0.1, -0.05) is 41.9 Å². The molecule has 0 aliphatic carbocycles. The van der Waals surface area contributed by atoms with Gasteiger partial charge < -0.3 is 14.5 Å². The van der Waals surface area contributed by atoms with Crippen LogP contribution in [0.1, 0.15) is 32.4 Å². The van der Waals surface area contributed by atoms with Gasteiger partial charge in [0.05, 0.1) is 17.6 Å². The molecule has 0 N–H and O–H groups in total. The SMILES string of the molecule is COCCN(CC(=O)N1CCc2sccc2C1c1ccccc1)C(=O)c1ccc(Cl)c([N+](=O)[O-])c1. The van der Waals surface area contributed by atoms with Gasteiger partial charge in [-0.3, -0.25) is 19.7 Å². The summed E-state index contributed by atoms with van der Waals surface area (Å²) in [7, 11) is 1.51. The number of ether oxygens (including phenoxy) is 1. The smallest absolute Gasteiger partial charge is 0.288 e. The normalized spacial score (nSPS) is 14.9. The van der Waals surface area contributed by atoms with Crippen molar-refractivity contribution in [3.05, 3.63) is 96.7 Å². The van der Waals surface area contributed by atoms with Gasteiger partial charge in [0, 0.05) is 36.7 Å². The van der Waals surface area contributed by atoms with Gasteiger partial charge in [0.15, 0.2) is 0 Å². The fraction of sp³-hybridized carbons (Fsp3) is 0.280. The predicted octanol–water partition coefficient (Wildman–Crippen LogP) is 4.57. The monoisotopic (exact) mass is 513 g/mol. The van der Waals surface area contributed by atoms with Gasteiger partial charge in [-0.15, -0.1) is 11.3 Å². The molecule has 1 unspecified atom stereocenters. The number of fused-ring (bicyclic) bond motifs is 1. The summed E-state index contributed by atoms with van der Waals surface area (Å²) in [5.41, 5.74) is 1.83. The van der Waals surface area contributed by atoms with Gasteiger partial charge in [-0.25, -0.2) is 0 Å². The molecule has 2 aromatic carbocycles. The van der Waals surface area contributed by atoms with Gasteiger partial charge in [-0.05, 0) is 41.1 Å². The molecule has 1 aromatic heterocycles. The predicted molar refractivity (Wildman–Crippen MR) is 134 cm³/mol. The van der Waals surface area contributed by atoms with Gasteiger partial charge >= 0.3 is 0 Å². The molecule has 0 fully saturated rings. The topological polar surface area (TPSA) is 93.0 Å². The Bertz CT molecular complexity index is 1230. The molecule has 1 aliphatic heterocycles. The van der Waals surface area contributed by atoms with Crippen LogP contribution >= 0.6 is 22.9 Å². The average Bonchev–Trinajstić information content (AvgIpc) is 3.35. The van der Waals surface area contributed by atoms with Crippen LogP contribution in [0.2, 0.25) is 5.02 Å². The third kappa shape index (κ3) is 5.37. The molecule has 2 heterocycles. The van der Waals surface area contributed by atoms with E-state index < -0.39 is 10.8 Å². The van der Waals surface area contributed by atoms with E-state index in [9.17, 15) is 19.7 Å². The molecular formula is C25H24ClN3O5S. The third-order valence-corrected chi connectivity index (χ3v) is 7.29. The van der Waals surface area contributed by atoms with E-state index in [0.717, 1.165) is 23.6 Å². The molecule has 2 amide bonds. The highest BCUT2D eigenvalue weighted by Gasteiger charge is 2.34. The highest BCUT2D eigenvalue weighted by molar-refractivity contribution is 7.10. The number of thiophene rings is 1. The number of nitro groups is 1. The second kappa shape index (κ2) is 11.0. The van der Waals surface area contributed by atoms with Crippen molar-refractivity contribution in [3.8, 4) is 0 Å². The van der Waals surface area contributed by atoms with Crippen molar-refractivity contribution in [1.29, 1.82) is 0 Å². The van der Waals surface area contributed by atoms with E-state index >= 15 is 0 Å². The van der Waals surface area contributed by atoms with E-state index in [1.54, 1.807) is 11.3 Å². The maximum absolute atomic E-state index is 13.6. The summed E-state index contributed by atoms with van der Waals surface area (Å²) in [4.78, 5) is 42.0. The number of nitrogens with zero attached hydrogens (tertiary/aromatic N) is 3. The first-order valence-electron chi connectivity index (χ1n) is 11.0. The van der Waals surface area contributed by atoms with Crippen molar-refractivity contribution in [2.75, 3.05) is 33.4 Å². The molecule has 182 valence electrons. The zero-order valence-corrected chi connectivity index (χ0v) is 20.6. The summed E-state index contributed by atoms with van der Waals surface area (Å²) >= 11 is 7.59. The van der Waals surface area contributed by atoms with Crippen LogP contribution in [0.25, 0.3) is 0 Å². The van der Waals surface area contributed by atoms with Crippen LogP contribution in [0.4, 0.5) is 5.69 Å². The molecule has 35 heavy (non-hydrogen) atoms. The first-order valence-corrected chi connectivity index (χ1v) is 12.3. The van der Waals surface area contributed by atoms with Crippen LogP contribution in [0.3, 0.4) is 0 Å². The molecule has 0 bridgehead atoms. The number of rotatable bonds is 8. The lowest BCUT2D eigenvalue weighted by Gasteiger charge is -2.37. The highest BCUT2D eigenvalue weighted by Crippen LogP contribution is 2.37. The fourth-order valence-corrected chi connectivity index (χ4v) is 5.35. The third-order valence-electron chi connectivity index (χ3n) is 5.97. The Kier molecular flexibility index (Phi) is 7.80. The molecular weight excluding hydrogens is 490 g/mol. The lowest BCUT2D eigenvalue weighted by molar-refractivity contribution is -0.384. The van der Waals surface area contributed by atoms with E-state index in [1.807, 2.05) is 40.6 Å². The van der Waals surface area contributed by atoms with Gasteiger partial charge in [0.25, 0.3) is 11.6 Å². The molecule has 8 nitrogen and oxygen atoms in total. The Morgan fingerprint density at radius 1 is 1.23 bits per heavy atom. The minimum absolute atomic E-state index is 0.0587. The average molecular weight is 514 g/mol. The number of benzene rings is 2. The van der Waals surface area contributed by atoms with Crippen molar-refractivity contribution in [3.63, 3.8) is 0 Å². The minimum atomic E-state index is -0.639. The van der Waals surface area contributed by atoms with E-state index in [0.29, 0.717) is 6.54 Å². The number of methoxy groups -OCH3 is 1. The molecule has 1 atom stereocenters. The van der Waals surface area contributed by atoms with Crippen molar-refractivity contribution < 1.29 is 19.2 Å². The maximum Gasteiger partial charge on any atom is 0.288 e. The summed E-state index contributed by atoms with van der Waals surface area (Å²) in [5, 5.41) is 13.3. The van der Waals surface area contributed by atoms with Gasteiger partial charge in [0.1, 0.15) is 11.6 Å². The highest BCUT2D eigenvalue weighted by atomic mass is 35.5. The minimum Gasteiger partial charge on any atom is -0.383 e. The summed E-state index contributed by atoms with van der Waals surface area (Å²) in [5.74, 6) is -0.705. The largest absolute Gasteiger partial charge is 0.383 e. The molecule has 1 aliphatic rings. The lowest BCUT2D eigenvalue weighted by Crippen LogP contribution is -2.47. The van der Waals surface area contributed by atoms with E-state index in [-0.39, 0.29) is 47.9 Å². The standard InChI is InChI=1S/C25H24ClN3O5S/c1-34-13-12-27(25(31)18-7-8-20(26)21(15-18)29(32)33)16-23(30)28-11-9-22-19(10-14-35-22)24(28)17-5-3-2-4-6-17/h2-8,10,14-15,24H,9,11-13,16H2,1H3. The number of halogens is 1. The Balaban J connectivity index is 1.61. The van der Waals surface area contributed by atoms with Crippen molar-refractivity contribution in [1.82, 2.24) is 9.80 Å². The second-order valence-corrected chi connectivity index (χ2v) is 9.50. The summed E-state index contributed by atoms with van der Waals surface area (Å²) in [6.07, 6.45) is 0.747. The zero-order chi connectivity index (χ0) is 24.9. The van der Waals surface area contributed by atoms with Crippen molar-refractivity contribution in [2.24, 2.45) is 0 Å². The Labute approximate surface area is 211 Å². The summed E-state index contributed by atoms with van der Waals surface area (Å²) < 4.78 is 5.15. The maximum atomic E-state index is 13.6. The number of amides is 2.